The minimum Gasteiger partial charge on any atom is -0.305 e. The maximum atomic E-state index is 4.86. The van der Waals surface area contributed by atoms with Gasteiger partial charge in [0.2, 0.25) is 0 Å². The van der Waals surface area contributed by atoms with Crippen molar-refractivity contribution in [1.82, 2.24) is 0 Å². The Bertz CT molecular complexity index is 158. The van der Waals surface area contributed by atoms with E-state index in [1.807, 2.05) is 24.3 Å². The zero-order valence-electron chi connectivity index (χ0n) is 5.07. The van der Waals surface area contributed by atoms with Gasteiger partial charge in [-0.2, -0.15) is 5.11 Å². The average molecular weight is 123 g/mol. The summed E-state index contributed by atoms with van der Waals surface area (Å²) >= 11 is 0. The molecular formula is C6H9N3. The molecule has 0 bridgehead atoms. The average Bonchev–Trinajstić information content (AvgIpc) is 1.91. The van der Waals surface area contributed by atoms with E-state index in [1.165, 1.54) is 0 Å². The lowest BCUT2D eigenvalue weighted by Gasteiger charge is -2.02. The number of hydrogen-bond acceptors (Lipinski definition) is 2. The Morgan fingerprint density at radius 2 is 2.33 bits per heavy atom. The van der Waals surface area contributed by atoms with Crippen LogP contribution in [-0.4, -0.2) is 6.04 Å². The lowest BCUT2D eigenvalue weighted by Crippen LogP contribution is -2.00. The molecule has 48 valence electrons. The minimum atomic E-state index is 0.167. The summed E-state index contributed by atoms with van der Waals surface area (Å²) in [4.78, 5) is 0. The van der Waals surface area contributed by atoms with Crippen molar-refractivity contribution in [1.29, 1.82) is 0 Å². The van der Waals surface area contributed by atoms with Crippen LogP contribution in [0.15, 0.2) is 34.6 Å². The Morgan fingerprint density at radius 1 is 1.44 bits per heavy atom. The fourth-order valence-corrected chi connectivity index (χ4v) is 0.739. The molecule has 0 fully saturated rings. The van der Waals surface area contributed by atoms with E-state index >= 15 is 0 Å². The van der Waals surface area contributed by atoms with Crippen molar-refractivity contribution in [3.8, 4) is 0 Å². The normalized spacial score (nSPS) is 25.6. The molecule has 9 heavy (non-hydrogen) atoms. The van der Waals surface area contributed by atoms with Crippen LogP contribution >= 0.6 is 0 Å². The van der Waals surface area contributed by atoms with Crippen molar-refractivity contribution in [2.45, 2.75) is 12.5 Å². The molecule has 1 aliphatic carbocycles. The summed E-state index contributed by atoms with van der Waals surface area (Å²) in [6, 6.07) is 0.167. The van der Waals surface area contributed by atoms with Crippen LogP contribution in [0, 0.1) is 0 Å². The van der Waals surface area contributed by atoms with Crippen molar-refractivity contribution in [2.75, 3.05) is 0 Å². The Kier molecular flexibility index (Phi) is 2.01. The van der Waals surface area contributed by atoms with Gasteiger partial charge in [0.25, 0.3) is 0 Å². The van der Waals surface area contributed by atoms with Crippen molar-refractivity contribution >= 4 is 0 Å². The molecule has 1 unspecified atom stereocenters. The van der Waals surface area contributed by atoms with Gasteiger partial charge in [-0.3, -0.25) is 0 Å². The van der Waals surface area contributed by atoms with Crippen LogP contribution in [0.2, 0.25) is 0 Å². The molecule has 0 aromatic heterocycles. The van der Waals surface area contributed by atoms with Crippen LogP contribution in [-0.2, 0) is 0 Å². The largest absolute Gasteiger partial charge is 0.305 e. The monoisotopic (exact) mass is 123 g/mol. The summed E-state index contributed by atoms with van der Waals surface area (Å²) in [5, 5.41) is 6.95. The zero-order valence-corrected chi connectivity index (χ0v) is 5.07. The van der Waals surface area contributed by atoms with Gasteiger partial charge in [0.1, 0.15) is 0 Å². The van der Waals surface area contributed by atoms with Gasteiger partial charge in [-0.25, -0.2) is 0 Å². The van der Waals surface area contributed by atoms with Crippen LogP contribution in [0.5, 0.6) is 0 Å². The van der Waals surface area contributed by atoms with E-state index in [1.54, 1.807) is 0 Å². The zero-order chi connectivity index (χ0) is 6.53. The van der Waals surface area contributed by atoms with E-state index in [4.69, 9.17) is 5.84 Å². The lowest BCUT2D eigenvalue weighted by molar-refractivity contribution is 0.749. The predicted octanol–water partition coefficient (Wildman–Crippen LogP) is 1.20. The molecular weight excluding hydrogens is 114 g/mol. The smallest absolute Gasteiger partial charge is 0.0947 e. The van der Waals surface area contributed by atoms with Crippen LogP contribution in [0.3, 0.4) is 0 Å². The molecule has 1 rings (SSSR count). The second kappa shape index (κ2) is 3.02. The molecule has 0 aromatic rings. The molecule has 0 amide bonds. The number of rotatable bonds is 1. The number of nitrogens with zero attached hydrogens (tertiary/aromatic N) is 2. The van der Waals surface area contributed by atoms with E-state index in [2.05, 4.69) is 10.3 Å². The molecule has 0 aliphatic heterocycles. The molecule has 0 spiro atoms. The predicted molar refractivity (Wildman–Crippen MR) is 35.7 cm³/mol. The van der Waals surface area contributed by atoms with E-state index < -0.39 is 0 Å². The summed E-state index contributed by atoms with van der Waals surface area (Å²) in [6.07, 6.45) is 8.86. The minimum absolute atomic E-state index is 0.167. The molecule has 0 heterocycles. The molecule has 0 aromatic carbocycles. The molecule has 1 atom stereocenters. The second-order valence-corrected chi connectivity index (χ2v) is 1.85. The van der Waals surface area contributed by atoms with Crippen LogP contribution < -0.4 is 5.84 Å². The van der Waals surface area contributed by atoms with Gasteiger partial charge in [0.15, 0.2) is 0 Å². The first-order valence-electron chi connectivity index (χ1n) is 2.87. The summed E-state index contributed by atoms with van der Waals surface area (Å²) in [7, 11) is 0. The van der Waals surface area contributed by atoms with Crippen LogP contribution in [0.4, 0.5) is 0 Å². The highest BCUT2D eigenvalue weighted by Gasteiger charge is 2.00. The maximum Gasteiger partial charge on any atom is 0.0947 e. The van der Waals surface area contributed by atoms with Gasteiger partial charge in [-0.05, 0) is 6.42 Å². The first-order valence-corrected chi connectivity index (χ1v) is 2.87. The molecule has 2 N–H and O–H groups in total. The van der Waals surface area contributed by atoms with Gasteiger partial charge in [-0.1, -0.05) is 29.5 Å². The summed E-state index contributed by atoms with van der Waals surface area (Å²) < 4.78 is 0. The molecule has 0 radical (unpaired) electrons. The van der Waals surface area contributed by atoms with Gasteiger partial charge < -0.3 is 5.84 Å². The van der Waals surface area contributed by atoms with Crippen molar-refractivity contribution < 1.29 is 0 Å². The Hall–Kier alpha value is -1.12. The second-order valence-electron chi connectivity index (χ2n) is 1.85. The summed E-state index contributed by atoms with van der Waals surface area (Å²) in [6.45, 7) is 0. The lowest BCUT2D eigenvalue weighted by atomic mass is 10.1. The van der Waals surface area contributed by atoms with E-state index in [0.29, 0.717) is 0 Å². The van der Waals surface area contributed by atoms with Gasteiger partial charge in [0, 0.05) is 0 Å². The molecule has 0 saturated carbocycles. The fourth-order valence-electron chi connectivity index (χ4n) is 0.739. The van der Waals surface area contributed by atoms with E-state index in [0.717, 1.165) is 6.42 Å². The third-order valence-corrected chi connectivity index (χ3v) is 1.17. The highest BCUT2D eigenvalue weighted by molar-refractivity contribution is 5.13. The van der Waals surface area contributed by atoms with Gasteiger partial charge >= 0.3 is 0 Å². The third kappa shape index (κ3) is 1.68. The van der Waals surface area contributed by atoms with Gasteiger partial charge in [0.05, 0.1) is 6.04 Å². The molecule has 3 nitrogen and oxygen atoms in total. The Balaban J connectivity index is 2.46. The molecule has 0 saturated heterocycles. The summed E-state index contributed by atoms with van der Waals surface area (Å²) in [5.41, 5.74) is 0. The summed E-state index contributed by atoms with van der Waals surface area (Å²) in [5.74, 6) is 4.86. The first kappa shape index (κ1) is 6.01. The van der Waals surface area contributed by atoms with Crippen molar-refractivity contribution in [3.05, 3.63) is 24.3 Å². The Labute approximate surface area is 53.9 Å². The van der Waals surface area contributed by atoms with Crippen LogP contribution in [0.25, 0.3) is 0 Å². The first-order chi connectivity index (χ1) is 4.43. The van der Waals surface area contributed by atoms with Gasteiger partial charge in [-0.15, -0.1) is 0 Å². The van der Waals surface area contributed by atoms with E-state index in [-0.39, 0.29) is 6.04 Å². The fraction of sp³-hybridized carbons (Fsp3) is 0.333. The van der Waals surface area contributed by atoms with Crippen molar-refractivity contribution in [2.24, 2.45) is 16.2 Å². The Morgan fingerprint density at radius 3 is 2.89 bits per heavy atom. The highest BCUT2D eigenvalue weighted by Crippen LogP contribution is 2.06. The molecule has 3 heteroatoms. The quantitative estimate of drug-likeness (QED) is 0.318. The van der Waals surface area contributed by atoms with Crippen molar-refractivity contribution in [3.63, 3.8) is 0 Å². The number of nitrogens with two attached hydrogens (primary N) is 1. The highest BCUT2D eigenvalue weighted by atomic mass is 15.3. The standard InChI is InChI=1S/C6H9N3/c7-9-8-6-4-2-1-3-5-6/h1-4,6H,5H2,(H2,7,8). The number of hydrogen-bond donors (Lipinski definition) is 1. The topological polar surface area (TPSA) is 50.7 Å². The number of allylic oxidation sites excluding steroid dienone is 2. The maximum absolute atomic E-state index is 4.86. The third-order valence-electron chi connectivity index (χ3n) is 1.17. The van der Waals surface area contributed by atoms with Crippen LogP contribution in [0.1, 0.15) is 6.42 Å². The van der Waals surface area contributed by atoms with E-state index in [9.17, 15) is 0 Å². The molecule has 1 aliphatic rings. The SMILES string of the molecule is NN=NC1C=CC=CC1.